The number of alkyl carbamates (subject to hydrolysis) is 1. The minimum atomic E-state index is -0.798. The molecule has 0 aliphatic carbocycles. The lowest BCUT2D eigenvalue weighted by Gasteiger charge is -2.21. The Morgan fingerprint density at radius 3 is 2.63 bits per heavy atom. The molecule has 1 unspecified atom stereocenters. The fourth-order valence-corrected chi connectivity index (χ4v) is 3.20. The highest BCUT2D eigenvalue weighted by Crippen LogP contribution is 2.21. The Kier molecular flexibility index (Phi) is 6.38. The average Bonchev–Trinajstić information content (AvgIpc) is 3.18. The van der Waals surface area contributed by atoms with Gasteiger partial charge in [0.15, 0.2) is 0 Å². The number of ether oxygens (including phenoxy) is 1. The summed E-state index contributed by atoms with van der Waals surface area (Å²) < 4.78 is 5.19. The van der Waals surface area contributed by atoms with Crippen LogP contribution >= 0.6 is 11.3 Å². The number of benzene rings is 1. The van der Waals surface area contributed by atoms with Crippen molar-refractivity contribution >= 4 is 39.9 Å². The topological polar surface area (TPSA) is 80.3 Å². The first-order chi connectivity index (χ1) is 14.2. The molecule has 0 radical (unpaired) electrons. The molecular formula is C23H23N3O3S. The van der Waals surface area contributed by atoms with E-state index in [4.69, 9.17) is 4.74 Å². The van der Waals surface area contributed by atoms with Crippen molar-refractivity contribution in [2.75, 3.05) is 5.32 Å². The first-order valence-corrected chi connectivity index (χ1v) is 10.4. The number of aromatic nitrogens is 1. The molecule has 0 spiro atoms. The van der Waals surface area contributed by atoms with Gasteiger partial charge in [-0.2, -0.15) is 11.3 Å². The van der Waals surface area contributed by atoms with Crippen molar-refractivity contribution < 1.29 is 14.3 Å². The van der Waals surface area contributed by atoms with Crippen LogP contribution in [0.4, 0.5) is 10.6 Å². The second kappa shape index (κ2) is 8.97. The molecule has 154 valence electrons. The molecule has 0 saturated heterocycles. The quantitative estimate of drug-likeness (QED) is 0.608. The second-order valence-electron chi connectivity index (χ2n) is 7.70. The van der Waals surface area contributed by atoms with Crippen molar-refractivity contribution in [3.8, 4) is 11.8 Å². The number of carbonyl (C=O) groups is 2. The van der Waals surface area contributed by atoms with E-state index < -0.39 is 23.6 Å². The normalized spacial score (nSPS) is 11.9. The lowest BCUT2D eigenvalue weighted by Crippen LogP contribution is -2.44. The third-order valence-corrected chi connectivity index (χ3v) is 4.65. The van der Waals surface area contributed by atoms with Crippen molar-refractivity contribution in [1.82, 2.24) is 10.3 Å². The molecular weight excluding hydrogens is 398 g/mol. The second-order valence-corrected chi connectivity index (χ2v) is 8.48. The molecule has 3 rings (SSSR count). The predicted octanol–water partition coefficient (Wildman–Crippen LogP) is 4.55. The molecule has 3 aromatic rings. The largest absolute Gasteiger partial charge is 0.444 e. The summed E-state index contributed by atoms with van der Waals surface area (Å²) in [4.78, 5) is 29.0. The zero-order valence-electron chi connectivity index (χ0n) is 17.3. The number of hydrogen-bond acceptors (Lipinski definition) is 5. The van der Waals surface area contributed by atoms with Crippen molar-refractivity contribution in [3.63, 3.8) is 0 Å². The molecule has 1 atom stereocenters. The standard InChI is InChI=1S/C23H23N3O3S/c1-15(24-22(28)29-23(2,3)4)21(27)26-20-13-17-7-5-6-8-18(17)19(25-20)10-9-16-11-12-30-14-16/h5-8,11-15H,1-4H3,(H,24,28)(H,25,26,27). The number of anilines is 1. The highest BCUT2D eigenvalue weighted by atomic mass is 32.1. The Bertz CT molecular complexity index is 1120. The molecule has 2 N–H and O–H groups in total. The molecule has 0 bridgehead atoms. The van der Waals surface area contributed by atoms with Gasteiger partial charge >= 0.3 is 6.09 Å². The fraction of sp³-hybridized carbons (Fsp3) is 0.261. The Hall–Kier alpha value is -3.37. The van der Waals surface area contributed by atoms with Crippen LogP contribution in [-0.2, 0) is 9.53 Å². The van der Waals surface area contributed by atoms with E-state index in [-0.39, 0.29) is 0 Å². The summed E-state index contributed by atoms with van der Waals surface area (Å²) in [5, 5.41) is 11.0. The van der Waals surface area contributed by atoms with E-state index in [2.05, 4.69) is 27.5 Å². The summed E-state index contributed by atoms with van der Waals surface area (Å²) in [6.07, 6.45) is -0.654. The number of rotatable bonds is 3. The molecule has 6 nitrogen and oxygen atoms in total. The highest BCUT2D eigenvalue weighted by molar-refractivity contribution is 7.08. The highest BCUT2D eigenvalue weighted by Gasteiger charge is 2.21. The van der Waals surface area contributed by atoms with Crippen LogP contribution in [0.5, 0.6) is 0 Å². The minimum absolute atomic E-state index is 0.367. The van der Waals surface area contributed by atoms with Crippen molar-refractivity contribution in [3.05, 3.63) is 58.4 Å². The summed E-state index contributed by atoms with van der Waals surface area (Å²) in [5.41, 5.74) is 0.841. The summed E-state index contributed by atoms with van der Waals surface area (Å²) in [7, 11) is 0. The number of fused-ring (bicyclic) bond motifs is 1. The molecule has 0 aliphatic rings. The lowest BCUT2D eigenvalue weighted by molar-refractivity contribution is -0.117. The zero-order chi connectivity index (χ0) is 21.7. The number of amides is 2. The van der Waals surface area contributed by atoms with Gasteiger partial charge in [0.25, 0.3) is 0 Å². The SMILES string of the molecule is CC(NC(=O)OC(C)(C)C)C(=O)Nc1cc2ccccc2c(C#Cc2ccsc2)n1. The third-order valence-electron chi connectivity index (χ3n) is 3.96. The van der Waals surface area contributed by atoms with E-state index in [0.29, 0.717) is 11.5 Å². The summed E-state index contributed by atoms with van der Waals surface area (Å²) in [6, 6.07) is 10.6. The van der Waals surface area contributed by atoms with Crippen LogP contribution in [0.1, 0.15) is 39.0 Å². The van der Waals surface area contributed by atoms with Crippen molar-refractivity contribution in [2.45, 2.75) is 39.3 Å². The van der Waals surface area contributed by atoms with Crippen LogP contribution < -0.4 is 10.6 Å². The summed E-state index contributed by atoms with van der Waals surface area (Å²) in [6.45, 7) is 6.86. The van der Waals surface area contributed by atoms with Crippen molar-refractivity contribution in [2.24, 2.45) is 0 Å². The minimum Gasteiger partial charge on any atom is -0.444 e. The maximum Gasteiger partial charge on any atom is 0.408 e. The molecule has 0 aliphatic heterocycles. The van der Waals surface area contributed by atoms with Crippen LogP contribution in [0.25, 0.3) is 10.8 Å². The van der Waals surface area contributed by atoms with Gasteiger partial charge < -0.3 is 15.4 Å². The van der Waals surface area contributed by atoms with Gasteiger partial charge in [-0.1, -0.05) is 30.2 Å². The number of pyridine rings is 1. The number of carbonyl (C=O) groups excluding carboxylic acids is 2. The molecule has 1 aromatic carbocycles. The van der Waals surface area contributed by atoms with Gasteiger partial charge in [0.2, 0.25) is 5.91 Å². The van der Waals surface area contributed by atoms with Gasteiger partial charge in [0.1, 0.15) is 23.2 Å². The monoisotopic (exact) mass is 421 g/mol. The Labute approximate surface area is 179 Å². The van der Waals surface area contributed by atoms with Crippen LogP contribution in [0.3, 0.4) is 0 Å². The maximum absolute atomic E-state index is 12.5. The Balaban J connectivity index is 1.80. The first-order valence-electron chi connectivity index (χ1n) is 9.46. The Morgan fingerprint density at radius 1 is 1.17 bits per heavy atom. The van der Waals surface area contributed by atoms with E-state index in [1.54, 1.807) is 45.1 Å². The average molecular weight is 422 g/mol. The summed E-state index contributed by atoms with van der Waals surface area (Å²) in [5.74, 6) is 6.16. The molecule has 30 heavy (non-hydrogen) atoms. The number of nitrogens with zero attached hydrogens (tertiary/aromatic N) is 1. The fourth-order valence-electron chi connectivity index (χ4n) is 2.61. The molecule has 0 saturated carbocycles. The van der Waals surface area contributed by atoms with Gasteiger partial charge in [-0.05, 0) is 56.5 Å². The molecule has 0 fully saturated rings. The van der Waals surface area contributed by atoms with Crippen LogP contribution in [0.15, 0.2) is 47.2 Å². The smallest absolute Gasteiger partial charge is 0.408 e. The van der Waals surface area contributed by atoms with E-state index in [1.165, 1.54) is 0 Å². The van der Waals surface area contributed by atoms with E-state index in [9.17, 15) is 9.59 Å². The Morgan fingerprint density at radius 2 is 1.93 bits per heavy atom. The van der Waals surface area contributed by atoms with Gasteiger partial charge in [-0.15, -0.1) is 0 Å². The molecule has 2 amide bonds. The first kappa shape index (κ1) is 21.3. The maximum atomic E-state index is 12.5. The van der Waals surface area contributed by atoms with Crippen LogP contribution in [-0.4, -0.2) is 28.6 Å². The summed E-state index contributed by atoms with van der Waals surface area (Å²) >= 11 is 1.58. The van der Waals surface area contributed by atoms with Gasteiger partial charge in [0, 0.05) is 16.3 Å². The molecule has 2 aromatic heterocycles. The lowest BCUT2D eigenvalue weighted by atomic mass is 10.1. The van der Waals surface area contributed by atoms with Gasteiger partial charge in [-0.25, -0.2) is 9.78 Å². The van der Waals surface area contributed by atoms with E-state index in [0.717, 1.165) is 16.3 Å². The molecule has 2 heterocycles. The number of hydrogen-bond donors (Lipinski definition) is 2. The van der Waals surface area contributed by atoms with E-state index >= 15 is 0 Å². The van der Waals surface area contributed by atoms with E-state index in [1.807, 2.05) is 41.1 Å². The van der Waals surface area contributed by atoms with Gasteiger partial charge in [-0.3, -0.25) is 4.79 Å². The van der Waals surface area contributed by atoms with Crippen molar-refractivity contribution in [1.29, 1.82) is 0 Å². The van der Waals surface area contributed by atoms with Gasteiger partial charge in [0.05, 0.1) is 0 Å². The van der Waals surface area contributed by atoms with Crippen LogP contribution in [0, 0.1) is 11.8 Å². The number of thiophene rings is 1. The van der Waals surface area contributed by atoms with Crippen LogP contribution in [0.2, 0.25) is 0 Å². The zero-order valence-corrected chi connectivity index (χ0v) is 18.1. The number of nitrogens with one attached hydrogen (secondary N) is 2. The predicted molar refractivity (Wildman–Crippen MR) is 120 cm³/mol. The third kappa shape index (κ3) is 5.82. The molecule has 7 heteroatoms.